The van der Waals surface area contributed by atoms with Gasteiger partial charge in [0.1, 0.15) is 10.7 Å². The van der Waals surface area contributed by atoms with E-state index < -0.39 is 0 Å². The highest BCUT2D eigenvalue weighted by molar-refractivity contribution is 7.13. The molecule has 5 nitrogen and oxygen atoms in total. The third-order valence-corrected chi connectivity index (χ3v) is 4.94. The summed E-state index contributed by atoms with van der Waals surface area (Å²) >= 11 is 1.48. The first-order valence-corrected chi connectivity index (χ1v) is 9.07. The van der Waals surface area contributed by atoms with Crippen LogP contribution in [0.5, 0.6) is 0 Å². The van der Waals surface area contributed by atoms with E-state index in [0.29, 0.717) is 12.2 Å². The topological polar surface area (TPSA) is 58.1 Å². The fourth-order valence-corrected chi connectivity index (χ4v) is 3.59. The van der Waals surface area contributed by atoms with E-state index in [1.807, 2.05) is 17.5 Å². The van der Waals surface area contributed by atoms with Crippen LogP contribution in [0.15, 0.2) is 29.9 Å². The van der Waals surface area contributed by atoms with Crippen LogP contribution in [0.2, 0.25) is 0 Å². The van der Waals surface area contributed by atoms with Gasteiger partial charge in [0.2, 0.25) is 0 Å². The van der Waals surface area contributed by atoms with Crippen LogP contribution >= 0.6 is 11.3 Å². The molecule has 0 spiro atoms. The molecule has 0 unspecified atom stereocenters. The van der Waals surface area contributed by atoms with E-state index in [9.17, 15) is 4.79 Å². The highest BCUT2D eigenvalue weighted by Crippen LogP contribution is 2.22. The summed E-state index contributed by atoms with van der Waals surface area (Å²) in [5.74, 6) is -0.0831. The molecule has 0 radical (unpaired) electrons. The Kier molecular flexibility index (Phi) is 5.71. The van der Waals surface area contributed by atoms with Crippen LogP contribution in [-0.4, -0.2) is 47.0 Å². The number of amides is 1. The van der Waals surface area contributed by atoms with Crippen molar-refractivity contribution >= 4 is 17.2 Å². The number of aromatic nitrogens is 2. The van der Waals surface area contributed by atoms with Crippen molar-refractivity contribution in [1.29, 1.82) is 0 Å². The predicted molar refractivity (Wildman–Crippen MR) is 92.6 cm³/mol. The summed E-state index contributed by atoms with van der Waals surface area (Å²) in [6.45, 7) is 4.18. The number of likely N-dealkylation sites (tertiary alicyclic amines) is 1. The maximum absolute atomic E-state index is 12.1. The van der Waals surface area contributed by atoms with Crippen LogP contribution < -0.4 is 5.32 Å². The van der Waals surface area contributed by atoms with Gasteiger partial charge >= 0.3 is 0 Å². The number of nitrogens with zero attached hydrogens (tertiary/aromatic N) is 3. The van der Waals surface area contributed by atoms with Gasteiger partial charge in [0.25, 0.3) is 5.91 Å². The van der Waals surface area contributed by atoms with Crippen LogP contribution in [0.4, 0.5) is 0 Å². The standard InChI is InChI=1S/C17H22N4OS/c22-16(19-7-4-12-21-10-2-1-3-11-21)15-13-23-17(20-15)14-5-8-18-9-6-14/h5-6,8-9,13H,1-4,7,10-12H2,(H,19,22). The summed E-state index contributed by atoms with van der Waals surface area (Å²) in [4.78, 5) is 23.0. The normalized spacial score (nSPS) is 15.5. The van der Waals surface area contributed by atoms with Crippen molar-refractivity contribution in [3.8, 4) is 10.6 Å². The van der Waals surface area contributed by atoms with E-state index in [2.05, 4.69) is 20.2 Å². The molecule has 1 aliphatic heterocycles. The fourth-order valence-electron chi connectivity index (χ4n) is 2.78. The van der Waals surface area contributed by atoms with Crippen molar-refractivity contribution in [3.05, 3.63) is 35.6 Å². The van der Waals surface area contributed by atoms with Crippen LogP contribution in [-0.2, 0) is 0 Å². The first-order valence-electron chi connectivity index (χ1n) is 8.19. The summed E-state index contributed by atoms with van der Waals surface area (Å²) in [5.41, 5.74) is 1.49. The maximum Gasteiger partial charge on any atom is 0.270 e. The summed E-state index contributed by atoms with van der Waals surface area (Å²) in [6.07, 6.45) is 8.43. The Morgan fingerprint density at radius 2 is 2.00 bits per heavy atom. The summed E-state index contributed by atoms with van der Waals surface area (Å²) < 4.78 is 0. The molecule has 0 aromatic carbocycles. The lowest BCUT2D eigenvalue weighted by Gasteiger charge is -2.26. The second-order valence-corrected chi connectivity index (χ2v) is 6.64. The molecule has 1 aliphatic rings. The monoisotopic (exact) mass is 330 g/mol. The van der Waals surface area contributed by atoms with Crippen LogP contribution in [0.25, 0.3) is 10.6 Å². The molecule has 6 heteroatoms. The van der Waals surface area contributed by atoms with Gasteiger partial charge in [-0.3, -0.25) is 9.78 Å². The number of thiazole rings is 1. The highest BCUT2D eigenvalue weighted by atomic mass is 32.1. The van der Waals surface area contributed by atoms with Gasteiger partial charge in [-0.15, -0.1) is 11.3 Å². The minimum Gasteiger partial charge on any atom is -0.351 e. The Labute approximate surface area is 140 Å². The molecule has 23 heavy (non-hydrogen) atoms. The summed E-state index contributed by atoms with van der Waals surface area (Å²) in [5, 5.41) is 5.64. The third-order valence-electron chi connectivity index (χ3n) is 4.05. The smallest absolute Gasteiger partial charge is 0.270 e. The van der Waals surface area contributed by atoms with E-state index in [4.69, 9.17) is 0 Å². The van der Waals surface area contributed by atoms with Crippen LogP contribution in [0.3, 0.4) is 0 Å². The van der Waals surface area contributed by atoms with Gasteiger partial charge in [-0.2, -0.15) is 0 Å². The van der Waals surface area contributed by atoms with Crippen molar-refractivity contribution in [2.75, 3.05) is 26.2 Å². The Morgan fingerprint density at radius 1 is 1.22 bits per heavy atom. The summed E-state index contributed by atoms with van der Waals surface area (Å²) in [7, 11) is 0. The van der Waals surface area contributed by atoms with E-state index in [-0.39, 0.29) is 5.91 Å². The number of hydrogen-bond acceptors (Lipinski definition) is 5. The van der Waals surface area contributed by atoms with Gasteiger partial charge in [0, 0.05) is 29.9 Å². The fraction of sp³-hybridized carbons (Fsp3) is 0.471. The van der Waals surface area contributed by atoms with Gasteiger partial charge in [0.05, 0.1) is 0 Å². The molecule has 1 saturated heterocycles. The molecule has 0 aliphatic carbocycles. The van der Waals surface area contributed by atoms with E-state index >= 15 is 0 Å². The second-order valence-electron chi connectivity index (χ2n) is 5.79. The number of rotatable bonds is 6. The lowest BCUT2D eigenvalue weighted by atomic mass is 10.1. The number of carbonyl (C=O) groups excluding carboxylic acids is 1. The molecule has 3 heterocycles. The van der Waals surface area contributed by atoms with Crippen LogP contribution in [0.1, 0.15) is 36.2 Å². The average molecular weight is 330 g/mol. The largest absolute Gasteiger partial charge is 0.351 e. The number of pyridine rings is 1. The molecule has 0 bridgehead atoms. The van der Waals surface area contributed by atoms with Crippen molar-refractivity contribution in [3.63, 3.8) is 0 Å². The molecule has 0 atom stereocenters. The number of piperidine rings is 1. The predicted octanol–water partition coefficient (Wildman–Crippen LogP) is 2.81. The molecule has 1 amide bonds. The Hall–Kier alpha value is -1.79. The number of hydrogen-bond donors (Lipinski definition) is 1. The second kappa shape index (κ2) is 8.17. The highest BCUT2D eigenvalue weighted by Gasteiger charge is 2.12. The van der Waals surface area contributed by atoms with Gasteiger partial charge in [0.15, 0.2) is 0 Å². The average Bonchev–Trinajstić information content (AvgIpc) is 3.10. The Morgan fingerprint density at radius 3 is 2.78 bits per heavy atom. The number of nitrogens with one attached hydrogen (secondary N) is 1. The SMILES string of the molecule is O=C(NCCCN1CCCCC1)c1csc(-c2ccncc2)n1. The Balaban J connectivity index is 1.44. The molecule has 2 aromatic rings. The first kappa shape index (κ1) is 16.1. The van der Waals surface area contributed by atoms with Gasteiger partial charge < -0.3 is 10.2 Å². The maximum atomic E-state index is 12.1. The minimum atomic E-state index is -0.0831. The molecule has 122 valence electrons. The molecule has 0 saturated carbocycles. The van der Waals surface area contributed by atoms with E-state index in [0.717, 1.165) is 23.5 Å². The molecule has 1 N–H and O–H groups in total. The lowest BCUT2D eigenvalue weighted by Crippen LogP contribution is -2.33. The molecular formula is C17H22N4OS. The van der Waals surface area contributed by atoms with Crippen molar-refractivity contribution < 1.29 is 4.79 Å². The molecule has 1 fully saturated rings. The molecular weight excluding hydrogens is 308 g/mol. The molecule has 2 aromatic heterocycles. The zero-order valence-corrected chi connectivity index (χ0v) is 14.0. The van der Waals surface area contributed by atoms with Crippen molar-refractivity contribution in [1.82, 2.24) is 20.2 Å². The van der Waals surface area contributed by atoms with E-state index in [1.54, 1.807) is 12.4 Å². The van der Waals surface area contributed by atoms with E-state index in [1.165, 1.54) is 43.7 Å². The molecule has 3 rings (SSSR count). The quantitative estimate of drug-likeness (QED) is 0.828. The Bertz CT molecular complexity index is 623. The first-order chi connectivity index (χ1) is 11.3. The van der Waals surface area contributed by atoms with Gasteiger partial charge in [-0.25, -0.2) is 4.98 Å². The van der Waals surface area contributed by atoms with Crippen molar-refractivity contribution in [2.45, 2.75) is 25.7 Å². The summed E-state index contributed by atoms with van der Waals surface area (Å²) in [6, 6.07) is 3.80. The zero-order valence-electron chi connectivity index (χ0n) is 13.2. The van der Waals surface area contributed by atoms with Gasteiger partial charge in [-0.1, -0.05) is 6.42 Å². The van der Waals surface area contributed by atoms with Crippen LogP contribution in [0, 0.1) is 0 Å². The van der Waals surface area contributed by atoms with Crippen molar-refractivity contribution in [2.24, 2.45) is 0 Å². The number of carbonyl (C=O) groups is 1. The van der Waals surface area contributed by atoms with Gasteiger partial charge in [-0.05, 0) is 51.0 Å². The zero-order chi connectivity index (χ0) is 15.9. The minimum absolute atomic E-state index is 0.0831. The lowest BCUT2D eigenvalue weighted by molar-refractivity contribution is 0.0947. The third kappa shape index (κ3) is 4.59.